The maximum absolute atomic E-state index is 12.5. The number of para-hydroxylation sites is 1. The first kappa shape index (κ1) is 17.6. The predicted molar refractivity (Wildman–Crippen MR) is 99.5 cm³/mol. The lowest BCUT2D eigenvalue weighted by molar-refractivity contribution is -0.133. The third-order valence-electron chi connectivity index (χ3n) is 5.42. The van der Waals surface area contributed by atoms with Crippen LogP contribution in [0.15, 0.2) is 29.1 Å². The van der Waals surface area contributed by atoms with Crippen LogP contribution >= 0.6 is 0 Å². The number of benzene rings is 1. The zero-order valence-corrected chi connectivity index (χ0v) is 15.1. The number of rotatable bonds is 5. The van der Waals surface area contributed by atoms with Crippen LogP contribution < -0.4 is 5.56 Å². The molecule has 1 amide bonds. The van der Waals surface area contributed by atoms with E-state index in [9.17, 15) is 9.59 Å². The van der Waals surface area contributed by atoms with E-state index in [2.05, 4.69) is 16.9 Å². The topological polar surface area (TPSA) is 66.1 Å². The lowest BCUT2D eigenvalue weighted by atomic mass is 9.85. The van der Waals surface area contributed by atoms with Gasteiger partial charge in [-0.15, -0.1) is 0 Å². The van der Waals surface area contributed by atoms with Gasteiger partial charge in [-0.3, -0.25) is 9.59 Å². The Kier molecular flexibility index (Phi) is 5.51. The molecular weight excluding hydrogens is 314 g/mol. The number of hydrogen-bond donors (Lipinski definition) is 1. The van der Waals surface area contributed by atoms with E-state index < -0.39 is 0 Å². The molecule has 2 unspecified atom stereocenters. The Bertz CT molecular complexity index is 799. The zero-order chi connectivity index (χ0) is 17.8. The van der Waals surface area contributed by atoms with E-state index in [4.69, 9.17) is 0 Å². The third-order valence-corrected chi connectivity index (χ3v) is 5.42. The van der Waals surface area contributed by atoms with Gasteiger partial charge >= 0.3 is 0 Å². The summed E-state index contributed by atoms with van der Waals surface area (Å²) in [5.74, 6) is 1.44. The third kappa shape index (κ3) is 4.09. The molecule has 1 saturated carbocycles. The molecule has 0 saturated heterocycles. The minimum absolute atomic E-state index is 0.111. The molecule has 25 heavy (non-hydrogen) atoms. The molecule has 0 bridgehead atoms. The van der Waals surface area contributed by atoms with Crippen molar-refractivity contribution in [2.45, 2.75) is 57.9 Å². The van der Waals surface area contributed by atoms with E-state index in [0.29, 0.717) is 47.9 Å². The lowest BCUT2D eigenvalue weighted by Gasteiger charge is -2.36. The maximum Gasteiger partial charge on any atom is 0.258 e. The van der Waals surface area contributed by atoms with Crippen molar-refractivity contribution >= 4 is 16.8 Å². The van der Waals surface area contributed by atoms with Crippen LogP contribution in [-0.4, -0.2) is 33.9 Å². The highest BCUT2D eigenvalue weighted by molar-refractivity contribution is 5.77. The average Bonchev–Trinajstić information content (AvgIpc) is 2.61. The standard InChI is InChI=1S/C20H27N3O2/c1-14-8-3-6-11-17(14)23(2)19(24)13-7-12-18-21-16-10-5-4-9-15(16)20(25)22-18/h4-5,9-10,14,17H,3,6-8,11-13H2,1-2H3,(H,21,22,25). The van der Waals surface area contributed by atoms with Crippen LogP contribution in [0.2, 0.25) is 0 Å². The molecule has 2 atom stereocenters. The Morgan fingerprint density at radius 3 is 2.84 bits per heavy atom. The second-order valence-electron chi connectivity index (χ2n) is 7.22. The van der Waals surface area contributed by atoms with Gasteiger partial charge in [0.15, 0.2) is 0 Å². The molecule has 1 heterocycles. The fourth-order valence-corrected chi connectivity index (χ4v) is 3.89. The minimum Gasteiger partial charge on any atom is -0.343 e. The summed E-state index contributed by atoms with van der Waals surface area (Å²) in [6, 6.07) is 7.70. The van der Waals surface area contributed by atoms with Crippen molar-refractivity contribution in [3.63, 3.8) is 0 Å². The Labute approximate surface area is 148 Å². The minimum atomic E-state index is -0.111. The summed E-state index contributed by atoms with van der Waals surface area (Å²) in [5.41, 5.74) is 0.598. The number of carbonyl (C=O) groups is 1. The van der Waals surface area contributed by atoms with E-state index in [1.54, 1.807) is 6.07 Å². The van der Waals surface area contributed by atoms with Crippen molar-refractivity contribution in [2.75, 3.05) is 7.05 Å². The van der Waals surface area contributed by atoms with Gasteiger partial charge in [0.2, 0.25) is 5.91 Å². The SMILES string of the molecule is CC1CCCCC1N(C)C(=O)CCCc1nc2ccccc2c(=O)[nH]1. The van der Waals surface area contributed by atoms with Crippen LogP contribution in [0, 0.1) is 5.92 Å². The number of nitrogens with one attached hydrogen (secondary N) is 1. The van der Waals surface area contributed by atoms with Gasteiger partial charge in [0, 0.05) is 25.9 Å². The molecule has 1 aliphatic rings. The Balaban J connectivity index is 1.57. The number of aryl methyl sites for hydroxylation is 1. The van der Waals surface area contributed by atoms with E-state index in [0.717, 1.165) is 6.42 Å². The Hall–Kier alpha value is -2.17. The van der Waals surface area contributed by atoms with Crippen molar-refractivity contribution < 1.29 is 4.79 Å². The monoisotopic (exact) mass is 341 g/mol. The number of fused-ring (bicyclic) bond motifs is 1. The number of nitrogens with zero attached hydrogens (tertiary/aromatic N) is 2. The highest BCUT2D eigenvalue weighted by atomic mass is 16.2. The molecule has 0 aliphatic heterocycles. The largest absolute Gasteiger partial charge is 0.343 e. The molecular formula is C20H27N3O2. The van der Waals surface area contributed by atoms with Crippen LogP contribution in [0.4, 0.5) is 0 Å². The van der Waals surface area contributed by atoms with E-state index in [1.165, 1.54) is 19.3 Å². The molecule has 3 rings (SSSR count). The summed E-state index contributed by atoms with van der Waals surface area (Å²) >= 11 is 0. The summed E-state index contributed by atoms with van der Waals surface area (Å²) in [4.78, 5) is 33.8. The summed E-state index contributed by atoms with van der Waals surface area (Å²) in [6.45, 7) is 2.25. The number of aromatic amines is 1. The quantitative estimate of drug-likeness (QED) is 0.907. The fraction of sp³-hybridized carbons (Fsp3) is 0.550. The van der Waals surface area contributed by atoms with Gasteiger partial charge in [-0.25, -0.2) is 4.98 Å². The molecule has 2 aromatic rings. The molecule has 0 spiro atoms. The zero-order valence-electron chi connectivity index (χ0n) is 15.1. The van der Waals surface area contributed by atoms with E-state index >= 15 is 0 Å². The first-order chi connectivity index (χ1) is 12.1. The van der Waals surface area contributed by atoms with Crippen molar-refractivity contribution in [3.8, 4) is 0 Å². The highest BCUT2D eigenvalue weighted by Crippen LogP contribution is 2.27. The molecule has 134 valence electrons. The Morgan fingerprint density at radius 1 is 1.28 bits per heavy atom. The van der Waals surface area contributed by atoms with Gasteiger partial charge in [0.25, 0.3) is 5.56 Å². The van der Waals surface area contributed by atoms with Crippen LogP contribution in [0.1, 0.15) is 51.3 Å². The van der Waals surface area contributed by atoms with E-state index in [1.807, 2.05) is 30.1 Å². The highest BCUT2D eigenvalue weighted by Gasteiger charge is 2.27. The second kappa shape index (κ2) is 7.81. The van der Waals surface area contributed by atoms with Crippen molar-refractivity contribution in [1.82, 2.24) is 14.9 Å². The predicted octanol–water partition coefficient (Wildman–Crippen LogP) is 3.28. The summed E-state index contributed by atoms with van der Waals surface area (Å²) in [5, 5.41) is 0.605. The molecule has 1 aromatic heterocycles. The molecule has 1 aliphatic carbocycles. The number of amides is 1. The molecule has 5 heteroatoms. The van der Waals surface area contributed by atoms with Gasteiger partial charge in [0.1, 0.15) is 5.82 Å². The molecule has 1 aromatic carbocycles. The van der Waals surface area contributed by atoms with Crippen LogP contribution in [-0.2, 0) is 11.2 Å². The van der Waals surface area contributed by atoms with Gasteiger partial charge in [-0.2, -0.15) is 0 Å². The Morgan fingerprint density at radius 2 is 2.04 bits per heavy atom. The number of carbonyl (C=O) groups excluding carboxylic acids is 1. The fourth-order valence-electron chi connectivity index (χ4n) is 3.89. The van der Waals surface area contributed by atoms with Crippen LogP contribution in [0.3, 0.4) is 0 Å². The number of aromatic nitrogens is 2. The second-order valence-corrected chi connectivity index (χ2v) is 7.22. The average molecular weight is 341 g/mol. The van der Waals surface area contributed by atoms with Gasteiger partial charge in [0.05, 0.1) is 10.9 Å². The maximum atomic E-state index is 12.5. The summed E-state index contributed by atoms with van der Waals surface area (Å²) in [7, 11) is 1.94. The normalized spacial score (nSPS) is 20.6. The first-order valence-corrected chi connectivity index (χ1v) is 9.30. The lowest BCUT2D eigenvalue weighted by Crippen LogP contribution is -2.42. The number of hydrogen-bond acceptors (Lipinski definition) is 3. The van der Waals surface area contributed by atoms with Crippen molar-refractivity contribution in [2.24, 2.45) is 5.92 Å². The van der Waals surface area contributed by atoms with Gasteiger partial charge in [-0.1, -0.05) is 31.9 Å². The molecule has 1 N–H and O–H groups in total. The van der Waals surface area contributed by atoms with E-state index in [-0.39, 0.29) is 11.5 Å². The van der Waals surface area contributed by atoms with Crippen LogP contribution in [0.5, 0.6) is 0 Å². The molecule has 5 nitrogen and oxygen atoms in total. The van der Waals surface area contributed by atoms with Crippen molar-refractivity contribution in [1.29, 1.82) is 0 Å². The molecule has 0 radical (unpaired) electrons. The number of H-pyrrole nitrogens is 1. The van der Waals surface area contributed by atoms with Crippen LogP contribution in [0.25, 0.3) is 10.9 Å². The smallest absolute Gasteiger partial charge is 0.258 e. The summed E-state index contributed by atoms with van der Waals surface area (Å²) in [6.07, 6.45) is 6.63. The van der Waals surface area contributed by atoms with Gasteiger partial charge in [-0.05, 0) is 37.3 Å². The van der Waals surface area contributed by atoms with Crippen molar-refractivity contribution in [3.05, 3.63) is 40.4 Å². The first-order valence-electron chi connectivity index (χ1n) is 9.30. The molecule has 1 fully saturated rings. The summed E-state index contributed by atoms with van der Waals surface area (Å²) < 4.78 is 0. The van der Waals surface area contributed by atoms with Gasteiger partial charge < -0.3 is 9.88 Å².